The molecule has 60 heavy (non-hydrogen) atoms. The topological polar surface area (TPSA) is 51.8 Å². The minimum Gasteiger partial charge on any atom is -0.455 e. The zero-order valence-corrected chi connectivity index (χ0v) is 34.4. The molecule has 0 atom stereocenters. The second kappa shape index (κ2) is 15.2. The van der Waals surface area contributed by atoms with Gasteiger partial charge in [0.15, 0.2) is 17.5 Å². The lowest BCUT2D eigenvalue weighted by Crippen LogP contribution is -2.55. The molecule has 0 saturated heterocycles. The molecule has 2 heterocycles. The predicted molar refractivity (Wildman–Crippen MR) is 266 cm³/mol. The van der Waals surface area contributed by atoms with Crippen LogP contribution in [0.15, 0.2) is 174 Å². The lowest BCUT2D eigenvalue weighted by Gasteiger charge is -2.20. The Morgan fingerprint density at radius 3 is 1.40 bits per heavy atom. The summed E-state index contributed by atoms with van der Waals surface area (Å²) in [5, 5.41) is 2.12. The van der Waals surface area contributed by atoms with E-state index in [0.29, 0.717) is 17.5 Å². The van der Waals surface area contributed by atoms with E-state index in [1.165, 1.54) is 49.6 Å². The molecule has 0 amide bonds. The first-order valence-electron chi connectivity index (χ1n) is 20.5. The van der Waals surface area contributed by atoms with Crippen LogP contribution in [0.25, 0.3) is 101 Å². The molecule has 10 rings (SSSR count). The average Bonchev–Trinajstić information content (AvgIpc) is 3.69. The van der Waals surface area contributed by atoms with Gasteiger partial charge in [-0.2, -0.15) is 0 Å². The van der Waals surface area contributed by atoms with Gasteiger partial charge in [-0.1, -0.05) is 163 Å². The molecule has 0 radical (unpaired) electrons. The van der Waals surface area contributed by atoms with Gasteiger partial charge in [-0.25, -0.2) is 15.0 Å². The van der Waals surface area contributed by atoms with Crippen LogP contribution in [0.1, 0.15) is 0 Å². The summed E-state index contributed by atoms with van der Waals surface area (Å²) in [6.45, 7) is 0. The normalized spacial score (nSPS) is 11.3. The zero-order valence-electron chi connectivity index (χ0n) is 34.4. The van der Waals surface area contributed by atoms with Crippen molar-refractivity contribution in [1.29, 1.82) is 0 Å². The van der Waals surface area contributed by atoms with E-state index in [4.69, 9.17) is 19.4 Å². The van der Waals surface area contributed by atoms with Crippen molar-refractivity contribution >= 4 is 88.5 Å². The first-order chi connectivity index (χ1) is 29.3. The summed E-state index contributed by atoms with van der Waals surface area (Å²) in [5.74, 6) is 1.82. The van der Waals surface area contributed by atoms with E-state index < -0.39 is 0 Å². The Bertz CT molecular complexity index is 3210. The summed E-state index contributed by atoms with van der Waals surface area (Å²) in [6.07, 6.45) is 0. The third-order valence-corrected chi connectivity index (χ3v) is 12.4. The number of furan rings is 1. The lowest BCUT2D eigenvalue weighted by molar-refractivity contribution is 0.670. The van der Waals surface area contributed by atoms with Gasteiger partial charge in [0, 0.05) is 33.0 Å². The van der Waals surface area contributed by atoms with Gasteiger partial charge in [-0.15, -0.1) is 16.4 Å². The van der Waals surface area contributed by atoms with E-state index in [2.05, 4.69) is 173 Å². The Morgan fingerprint density at radius 1 is 0.317 bits per heavy atom. The maximum absolute atomic E-state index is 6.74. The molecule has 0 fully saturated rings. The molecule has 0 spiro atoms. The van der Waals surface area contributed by atoms with Crippen molar-refractivity contribution in [2.75, 3.05) is 0 Å². The molecule has 10 aromatic rings. The van der Waals surface area contributed by atoms with Gasteiger partial charge >= 0.3 is 0 Å². The Hall–Kier alpha value is -7.11. The van der Waals surface area contributed by atoms with E-state index in [1.54, 1.807) is 0 Å². The van der Waals surface area contributed by atoms with E-state index in [9.17, 15) is 0 Å². The average molecular weight is 763 g/mol. The summed E-state index contributed by atoms with van der Waals surface area (Å²) in [4.78, 5) is 15.1. The van der Waals surface area contributed by atoms with Crippen LogP contribution in [-0.2, 0) is 0 Å². The number of rotatable bonds is 7. The molecule has 0 aliphatic rings. The van der Waals surface area contributed by atoms with Crippen molar-refractivity contribution in [1.82, 2.24) is 15.0 Å². The third-order valence-electron chi connectivity index (χ3n) is 12.4. The number of hydrogen-bond donors (Lipinski definition) is 0. The molecule has 4 nitrogen and oxygen atoms in total. The van der Waals surface area contributed by atoms with Crippen LogP contribution < -0.4 is 27.3 Å². The van der Waals surface area contributed by atoms with Crippen molar-refractivity contribution in [2.45, 2.75) is 0 Å². The largest absolute Gasteiger partial charge is 0.455 e. The van der Waals surface area contributed by atoms with E-state index in [-0.39, 0.29) is 0 Å². The molecule has 278 valence electrons. The van der Waals surface area contributed by atoms with Crippen molar-refractivity contribution < 1.29 is 4.42 Å². The van der Waals surface area contributed by atoms with E-state index in [1.807, 2.05) is 36.4 Å². The van der Waals surface area contributed by atoms with Gasteiger partial charge < -0.3 is 4.42 Å². The zero-order chi connectivity index (χ0) is 40.9. The second-order valence-electron chi connectivity index (χ2n) is 15.8. The van der Waals surface area contributed by atoms with Crippen LogP contribution in [0.5, 0.6) is 0 Å². The minimum absolute atomic E-state index is 0.588. The standard InChI is InChI=1S/C51H38B5N3O/c52-43-42(44(53)46(55)47(56)45(43)54)33-23-19-31(20-24-33)30-17-21-32(22-18-30)38-15-8-16-40-39-26-25-37(28-41(39)60-48(38)40)51-58-49(34-11-5-2-6-12-34)57-50(59-51)36-14-7-13-35(27-36)29-9-3-1-4-10-29/h1-28H,52-56H2. The minimum atomic E-state index is 0.588. The van der Waals surface area contributed by atoms with E-state index >= 15 is 0 Å². The maximum Gasteiger partial charge on any atom is 0.164 e. The monoisotopic (exact) mass is 763 g/mol. The Morgan fingerprint density at radius 2 is 0.767 bits per heavy atom. The molecule has 2 aromatic heterocycles. The number of aromatic nitrogens is 3. The maximum atomic E-state index is 6.74. The second-order valence-corrected chi connectivity index (χ2v) is 15.8. The highest BCUT2D eigenvalue weighted by atomic mass is 16.3. The molecule has 0 saturated carbocycles. The van der Waals surface area contributed by atoms with Gasteiger partial charge in [0.2, 0.25) is 0 Å². The van der Waals surface area contributed by atoms with Crippen LogP contribution in [0, 0.1) is 0 Å². The molecule has 0 unspecified atom stereocenters. The Labute approximate surface area is 354 Å². The molecule has 0 N–H and O–H groups in total. The number of benzene rings is 8. The smallest absolute Gasteiger partial charge is 0.164 e. The number of hydrogen-bond acceptors (Lipinski definition) is 4. The Balaban J connectivity index is 0.991. The summed E-state index contributed by atoms with van der Waals surface area (Å²) < 4.78 is 6.74. The van der Waals surface area contributed by atoms with Crippen molar-refractivity contribution in [3.63, 3.8) is 0 Å². The summed E-state index contributed by atoms with van der Waals surface area (Å²) in [5.41, 5.74) is 20.6. The Kier molecular flexibility index (Phi) is 9.45. The fraction of sp³-hybridized carbons (Fsp3) is 0. The molecular formula is C51H38B5N3O. The highest BCUT2D eigenvalue weighted by Crippen LogP contribution is 2.38. The number of fused-ring (bicyclic) bond motifs is 3. The van der Waals surface area contributed by atoms with Crippen LogP contribution in [-0.4, -0.2) is 54.2 Å². The highest BCUT2D eigenvalue weighted by Gasteiger charge is 2.18. The lowest BCUT2D eigenvalue weighted by atomic mass is 9.59. The molecule has 9 heteroatoms. The summed E-state index contributed by atoms with van der Waals surface area (Å²) >= 11 is 0. The van der Waals surface area contributed by atoms with Gasteiger partial charge in [0.1, 0.15) is 50.4 Å². The van der Waals surface area contributed by atoms with Gasteiger partial charge in [-0.05, 0) is 57.1 Å². The van der Waals surface area contributed by atoms with Crippen LogP contribution >= 0.6 is 0 Å². The van der Waals surface area contributed by atoms with Crippen LogP contribution in [0.2, 0.25) is 0 Å². The summed E-state index contributed by atoms with van der Waals surface area (Å²) in [7, 11) is 11.2. The molecule has 8 aromatic carbocycles. The first-order valence-corrected chi connectivity index (χ1v) is 20.5. The predicted octanol–water partition coefficient (Wildman–Crippen LogP) is 4.73. The molecular weight excluding hydrogens is 725 g/mol. The van der Waals surface area contributed by atoms with Crippen molar-refractivity contribution in [2.24, 2.45) is 0 Å². The number of nitrogens with zero attached hydrogens (tertiary/aromatic N) is 3. The van der Waals surface area contributed by atoms with Gasteiger partial charge in [-0.3, -0.25) is 0 Å². The van der Waals surface area contributed by atoms with Crippen LogP contribution in [0.3, 0.4) is 0 Å². The highest BCUT2D eigenvalue weighted by molar-refractivity contribution is 6.68. The van der Waals surface area contributed by atoms with E-state index in [0.717, 1.165) is 60.9 Å². The first kappa shape index (κ1) is 37.2. The van der Waals surface area contributed by atoms with Crippen molar-refractivity contribution in [3.05, 3.63) is 170 Å². The fourth-order valence-corrected chi connectivity index (χ4v) is 8.59. The summed E-state index contributed by atoms with van der Waals surface area (Å²) in [6, 6.07) is 59.3. The molecule has 0 aliphatic carbocycles. The SMILES string of the molecule is Bc1c(B)c(B)c(-c2ccc(-c3ccc(-c4cccc5c4oc4cc(-c6nc(-c7ccccc7)nc(-c7cccc(-c8ccccc8)c7)n6)ccc45)cc3)cc2)c(B)c1B. The van der Waals surface area contributed by atoms with Gasteiger partial charge in [0.25, 0.3) is 0 Å². The molecule has 0 bridgehead atoms. The van der Waals surface area contributed by atoms with Crippen molar-refractivity contribution in [3.8, 4) is 78.7 Å². The van der Waals surface area contributed by atoms with Gasteiger partial charge in [0.05, 0.1) is 0 Å². The molecule has 0 aliphatic heterocycles. The third kappa shape index (κ3) is 6.66. The quantitative estimate of drug-likeness (QED) is 0.221. The fourth-order valence-electron chi connectivity index (χ4n) is 8.59. The number of para-hydroxylation sites is 1. The van der Waals surface area contributed by atoms with Crippen LogP contribution in [0.4, 0.5) is 0 Å².